The van der Waals surface area contributed by atoms with Crippen molar-refractivity contribution in [2.75, 3.05) is 0 Å². The minimum absolute atomic E-state index is 1.06. The molecule has 0 radical (unpaired) electrons. The van der Waals surface area contributed by atoms with Gasteiger partial charge < -0.3 is 0 Å². The first-order valence-corrected chi connectivity index (χ1v) is 5.30. The molecule has 0 amide bonds. The summed E-state index contributed by atoms with van der Waals surface area (Å²) >= 11 is 0. The second-order valence-electron chi connectivity index (χ2n) is 3.60. The quantitative estimate of drug-likeness (QED) is 0.559. The lowest BCUT2D eigenvalue weighted by Crippen LogP contribution is -2.02. The second kappa shape index (κ2) is 5.06. The molecule has 0 aromatic rings. The van der Waals surface area contributed by atoms with E-state index < -0.39 is 0 Å². The molecule has 0 atom stereocenters. The van der Waals surface area contributed by atoms with Crippen LogP contribution < -0.4 is 0 Å². The van der Waals surface area contributed by atoms with Crippen molar-refractivity contribution < 1.29 is 0 Å². The normalized spacial score (nSPS) is 20.9. The van der Waals surface area contributed by atoms with Gasteiger partial charge in [-0.3, -0.25) is 0 Å². The number of hydrogen-bond donors (Lipinski definition) is 0. The molecular weight excluding hydrogens is 156 g/mol. The monoisotopic (exact) mass is 176 g/mol. The highest BCUT2D eigenvalue weighted by molar-refractivity contribution is 5.38. The molecule has 0 aliphatic heterocycles. The lowest BCUT2D eigenvalue weighted by atomic mass is 9.84. The third kappa shape index (κ3) is 2.33. The summed E-state index contributed by atoms with van der Waals surface area (Å²) in [5, 5.41) is 0. The minimum Gasteiger partial charge on any atom is -0.103 e. The van der Waals surface area contributed by atoms with Gasteiger partial charge in [0.15, 0.2) is 0 Å². The van der Waals surface area contributed by atoms with Gasteiger partial charge in [0.1, 0.15) is 0 Å². The van der Waals surface area contributed by atoms with Crippen molar-refractivity contribution in [2.45, 2.75) is 46.0 Å². The van der Waals surface area contributed by atoms with Crippen LogP contribution in [0.3, 0.4) is 0 Å². The second-order valence-corrected chi connectivity index (χ2v) is 3.60. The van der Waals surface area contributed by atoms with Crippen LogP contribution in [0.15, 0.2) is 35.5 Å². The lowest BCUT2D eigenvalue weighted by molar-refractivity contribution is 0.728. The van der Waals surface area contributed by atoms with Gasteiger partial charge in [0, 0.05) is 0 Å². The molecule has 72 valence electrons. The molecule has 13 heavy (non-hydrogen) atoms. The SMILES string of the molecule is C=CCC1=C(CC)CCC/C1=C\C. The van der Waals surface area contributed by atoms with Gasteiger partial charge in [-0.15, -0.1) is 6.58 Å². The summed E-state index contributed by atoms with van der Waals surface area (Å²) in [6.45, 7) is 8.24. The van der Waals surface area contributed by atoms with Crippen LogP contribution >= 0.6 is 0 Å². The molecule has 0 unspecified atom stereocenters. The molecule has 1 aliphatic rings. The zero-order chi connectivity index (χ0) is 9.68. The van der Waals surface area contributed by atoms with Gasteiger partial charge in [-0.25, -0.2) is 0 Å². The summed E-state index contributed by atoms with van der Waals surface area (Å²) in [7, 11) is 0. The molecule has 0 saturated heterocycles. The van der Waals surface area contributed by atoms with Crippen LogP contribution in [0.4, 0.5) is 0 Å². The Hall–Kier alpha value is -0.780. The highest BCUT2D eigenvalue weighted by atomic mass is 14.2. The maximum atomic E-state index is 3.83. The van der Waals surface area contributed by atoms with Crippen molar-refractivity contribution in [3.8, 4) is 0 Å². The van der Waals surface area contributed by atoms with Crippen LogP contribution in [0.1, 0.15) is 46.0 Å². The Balaban J connectivity index is 2.96. The van der Waals surface area contributed by atoms with E-state index in [0.717, 1.165) is 6.42 Å². The summed E-state index contributed by atoms with van der Waals surface area (Å²) in [4.78, 5) is 0. The smallest absolute Gasteiger partial charge is 0.00980 e. The Bertz CT molecular complexity index is 241. The average Bonchev–Trinajstić information content (AvgIpc) is 2.18. The van der Waals surface area contributed by atoms with E-state index >= 15 is 0 Å². The van der Waals surface area contributed by atoms with Crippen molar-refractivity contribution in [3.05, 3.63) is 35.5 Å². The fourth-order valence-electron chi connectivity index (χ4n) is 2.15. The van der Waals surface area contributed by atoms with E-state index in [2.05, 4.69) is 26.5 Å². The Kier molecular flexibility index (Phi) is 4.01. The molecule has 0 N–H and O–H groups in total. The van der Waals surface area contributed by atoms with Crippen molar-refractivity contribution in [1.82, 2.24) is 0 Å². The Morgan fingerprint density at radius 2 is 2.15 bits per heavy atom. The predicted molar refractivity (Wildman–Crippen MR) is 59.7 cm³/mol. The molecule has 0 saturated carbocycles. The molecule has 0 aromatic heterocycles. The largest absolute Gasteiger partial charge is 0.103 e. The first-order chi connectivity index (χ1) is 6.33. The summed E-state index contributed by atoms with van der Waals surface area (Å²) in [6, 6.07) is 0. The van der Waals surface area contributed by atoms with E-state index in [0.29, 0.717) is 0 Å². The van der Waals surface area contributed by atoms with Crippen molar-refractivity contribution in [2.24, 2.45) is 0 Å². The van der Waals surface area contributed by atoms with Gasteiger partial charge in [-0.05, 0) is 50.2 Å². The predicted octanol–water partition coefficient (Wildman–Crippen LogP) is 4.40. The molecule has 0 heteroatoms. The van der Waals surface area contributed by atoms with Crippen LogP contribution in [0.5, 0.6) is 0 Å². The Morgan fingerprint density at radius 3 is 2.69 bits per heavy atom. The number of rotatable bonds is 3. The van der Waals surface area contributed by atoms with Gasteiger partial charge in [-0.1, -0.05) is 24.6 Å². The van der Waals surface area contributed by atoms with Crippen molar-refractivity contribution >= 4 is 0 Å². The molecule has 0 aromatic carbocycles. The van der Waals surface area contributed by atoms with Crippen LogP contribution in [-0.4, -0.2) is 0 Å². The first-order valence-electron chi connectivity index (χ1n) is 5.30. The molecule has 1 aliphatic carbocycles. The average molecular weight is 176 g/mol. The third-order valence-corrected chi connectivity index (χ3v) is 2.86. The van der Waals surface area contributed by atoms with E-state index in [4.69, 9.17) is 0 Å². The molecule has 0 heterocycles. The molecule has 0 nitrogen and oxygen atoms in total. The fraction of sp³-hybridized carbons (Fsp3) is 0.538. The van der Waals surface area contributed by atoms with Gasteiger partial charge in [-0.2, -0.15) is 0 Å². The Labute approximate surface area is 82.0 Å². The highest BCUT2D eigenvalue weighted by Crippen LogP contribution is 2.33. The van der Waals surface area contributed by atoms with Gasteiger partial charge in [0.05, 0.1) is 0 Å². The number of allylic oxidation sites excluding steroid dienone is 5. The van der Waals surface area contributed by atoms with E-state index in [9.17, 15) is 0 Å². The number of hydrogen-bond acceptors (Lipinski definition) is 0. The molecule has 1 rings (SSSR count). The topological polar surface area (TPSA) is 0 Å². The Morgan fingerprint density at radius 1 is 1.38 bits per heavy atom. The zero-order valence-corrected chi connectivity index (χ0v) is 8.90. The molecule has 0 fully saturated rings. The van der Waals surface area contributed by atoms with E-state index in [-0.39, 0.29) is 0 Å². The summed E-state index contributed by atoms with van der Waals surface area (Å²) in [5.74, 6) is 0. The van der Waals surface area contributed by atoms with Gasteiger partial charge >= 0.3 is 0 Å². The van der Waals surface area contributed by atoms with E-state index in [1.165, 1.54) is 25.7 Å². The van der Waals surface area contributed by atoms with E-state index in [1.54, 1.807) is 16.7 Å². The van der Waals surface area contributed by atoms with Crippen LogP contribution in [-0.2, 0) is 0 Å². The van der Waals surface area contributed by atoms with Crippen molar-refractivity contribution in [1.29, 1.82) is 0 Å². The van der Waals surface area contributed by atoms with Crippen LogP contribution in [0, 0.1) is 0 Å². The summed E-state index contributed by atoms with van der Waals surface area (Å²) in [6.07, 6.45) is 10.5. The van der Waals surface area contributed by atoms with E-state index in [1.807, 2.05) is 6.08 Å². The standard InChI is InChI=1S/C13H20/c1-4-8-13-11(5-2)9-7-10-12(13)6-3/h4-5H,1,6-10H2,2-3H3/b11-5+. The summed E-state index contributed by atoms with van der Waals surface area (Å²) in [5.41, 5.74) is 4.79. The lowest BCUT2D eigenvalue weighted by Gasteiger charge is -2.21. The minimum atomic E-state index is 1.06. The van der Waals surface area contributed by atoms with Crippen LogP contribution in [0.25, 0.3) is 0 Å². The first kappa shape index (κ1) is 10.3. The molecular formula is C13H20. The molecule has 0 bridgehead atoms. The maximum absolute atomic E-state index is 3.83. The van der Waals surface area contributed by atoms with Gasteiger partial charge in [0.2, 0.25) is 0 Å². The fourth-order valence-corrected chi connectivity index (χ4v) is 2.15. The van der Waals surface area contributed by atoms with Gasteiger partial charge in [0.25, 0.3) is 0 Å². The maximum Gasteiger partial charge on any atom is -0.00980 e. The third-order valence-electron chi connectivity index (χ3n) is 2.86. The van der Waals surface area contributed by atoms with Crippen LogP contribution in [0.2, 0.25) is 0 Å². The van der Waals surface area contributed by atoms with Crippen molar-refractivity contribution in [3.63, 3.8) is 0 Å². The summed E-state index contributed by atoms with van der Waals surface area (Å²) < 4.78 is 0. The highest BCUT2D eigenvalue weighted by Gasteiger charge is 2.13. The zero-order valence-electron chi connectivity index (χ0n) is 8.90. The molecule has 0 spiro atoms.